The summed E-state index contributed by atoms with van der Waals surface area (Å²) in [6, 6.07) is 24.0. The number of halogens is 1. The zero-order chi connectivity index (χ0) is 26.8. The minimum absolute atomic E-state index is 0.0691. The number of anilines is 1. The van der Waals surface area contributed by atoms with Gasteiger partial charge in [0, 0.05) is 17.2 Å². The lowest BCUT2D eigenvalue weighted by molar-refractivity contribution is -0.123. The standard InChI is InChI=1S/C30H29FN4O2S/c1-19(2)32-25(36)17-34-26(37)18-38-29(22-10-7-11-23(31)16-22)27-28(21-8-5-4-6-9-21)33-35(30(27)34)24-14-12-20(3)13-15-24/h4-16,19,29H,17-18H2,1-3H3,(H,32,36)/t29-/m0/s1. The lowest BCUT2D eigenvalue weighted by atomic mass is 9.99. The van der Waals surface area contributed by atoms with E-state index in [1.165, 1.54) is 28.8 Å². The number of fused-ring (bicyclic) bond motifs is 1. The summed E-state index contributed by atoms with van der Waals surface area (Å²) in [7, 11) is 0. The molecule has 0 unspecified atom stereocenters. The molecule has 1 atom stereocenters. The molecule has 0 fully saturated rings. The van der Waals surface area contributed by atoms with Crippen LogP contribution in [0.15, 0.2) is 78.9 Å². The molecule has 38 heavy (non-hydrogen) atoms. The first-order valence-electron chi connectivity index (χ1n) is 12.5. The average molecular weight is 529 g/mol. The molecule has 194 valence electrons. The molecule has 1 aliphatic rings. The topological polar surface area (TPSA) is 67.2 Å². The van der Waals surface area contributed by atoms with Crippen molar-refractivity contribution in [2.24, 2.45) is 0 Å². The van der Waals surface area contributed by atoms with Crippen LogP contribution in [0, 0.1) is 12.7 Å². The minimum Gasteiger partial charge on any atom is -0.352 e. The Morgan fingerprint density at radius 1 is 1.08 bits per heavy atom. The number of carbonyl (C=O) groups is 2. The molecule has 1 aromatic heterocycles. The fraction of sp³-hybridized carbons (Fsp3) is 0.233. The number of carbonyl (C=O) groups excluding carboxylic acids is 2. The lowest BCUT2D eigenvalue weighted by Crippen LogP contribution is -2.44. The van der Waals surface area contributed by atoms with Gasteiger partial charge in [0.2, 0.25) is 11.8 Å². The van der Waals surface area contributed by atoms with Crippen LogP contribution in [0.4, 0.5) is 10.2 Å². The van der Waals surface area contributed by atoms with E-state index < -0.39 is 0 Å². The van der Waals surface area contributed by atoms with Crippen molar-refractivity contribution in [3.8, 4) is 16.9 Å². The van der Waals surface area contributed by atoms with Crippen LogP contribution >= 0.6 is 11.8 Å². The maximum atomic E-state index is 14.4. The Morgan fingerprint density at radius 2 is 1.82 bits per heavy atom. The number of aryl methyl sites for hydroxylation is 1. The van der Waals surface area contributed by atoms with E-state index in [1.54, 1.807) is 10.7 Å². The van der Waals surface area contributed by atoms with Crippen LogP contribution in [0.2, 0.25) is 0 Å². The zero-order valence-electron chi connectivity index (χ0n) is 21.5. The Bertz CT molecular complexity index is 1470. The molecule has 0 bridgehead atoms. The molecule has 2 heterocycles. The smallest absolute Gasteiger partial charge is 0.240 e. The second-order valence-corrected chi connectivity index (χ2v) is 10.7. The highest BCUT2D eigenvalue weighted by molar-refractivity contribution is 8.00. The van der Waals surface area contributed by atoms with Gasteiger partial charge in [-0.3, -0.25) is 14.5 Å². The van der Waals surface area contributed by atoms with Gasteiger partial charge in [0.25, 0.3) is 0 Å². The Morgan fingerprint density at radius 3 is 2.50 bits per heavy atom. The van der Waals surface area contributed by atoms with Crippen molar-refractivity contribution in [2.45, 2.75) is 32.1 Å². The van der Waals surface area contributed by atoms with E-state index in [9.17, 15) is 14.0 Å². The normalized spacial score (nSPS) is 15.3. The molecular weight excluding hydrogens is 499 g/mol. The summed E-state index contributed by atoms with van der Waals surface area (Å²) in [5, 5.41) is 7.56. The van der Waals surface area contributed by atoms with Crippen LogP contribution in [-0.4, -0.2) is 39.9 Å². The van der Waals surface area contributed by atoms with Gasteiger partial charge >= 0.3 is 0 Å². The summed E-state index contributed by atoms with van der Waals surface area (Å²) < 4.78 is 16.2. The Labute approximate surface area is 225 Å². The average Bonchev–Trinajstić information content (AvgIpc) is 3.21. The minimum atomic E-state index is -0.378. The summed E-state index contributed by atoms with van der Waals surface area (Å²) in [5.41, 5.74) is 4.92. The highest BCUT2D eigenvalue weighted by Crippen LogP contribution is 2.48. The number of benzene rings is 3. The van der Waals surface area contributed by atoms with Crippen molar-refractivity contribution >= 4 is 29.4 Å². The predicted octanol–water partition coefficient (Wildman–Crippen LogP) is 5.68. The summed E-state index contributed by atoms with van der Waals surface area (Å²) in [6.45, 7) is 5.62. The predicted molar refractivity (Wildman–Crippen MR) is 150 cm³/mol. The molecule has 1 aliphatic heterocycles. The first-order chi connectivity index (χ1) is 18.3. The van der Waals surface area contributed by atoms with E-state index in [2.05, 4.69) is 5.32 Å². The van der Waals surface area contributed by atoms with Gasteiger partial charge in [0.1, 0.15) is 18.2 Å². The maximum absolute atomic E-state index is 14.4. The number of amides is 2. The van der Waals surface area contributed by atoms with Crippen LogP contribution in [0.5, 0.6) is 0 Å². The second-order valence-electron chi connectivity index (χ2n) is 9.65. The first kappa shape index (κ1) is 25.7. The van der Waals surface area contributed by atoms with Crippen molar-refractivity contribution in [3.63, 3.8) is 0 Å². The molecule has 8 heteroatoms. The van der Waals surface area contributed by atoms with Gasteiger partial charge in [-0.2, -0.15) is 5.10 Å². The Kier molecular flexibility index (Phi) is 7.33. The Balaban J connectivity index is 1.80. The summed E-state index contributed by atoms with van der Waals surface area (Å²) in [4.78, 5) is 28.1. The summed E-state index contributed by atoms with van der Waals surface area (Å²) in [5.74, 6) is -0.155. The van der Waals surface area contributed by atoms with Crippen LogP contribution in [0.1, 0.15) is 35.8 Å². The van der Waals surface area contributed by atoms with E-state index in [1.807, 2.05) is 81.4 Å². The molecule has 0 spiro atoms. The number of aromatic nitrogens is 2. The van der Waals surface area contributed by atoms with Crippen LogP contribution < -0.4 is 10.2 Å². The number of nitrogens with one attached hydrogen (secondary N) is 1. The Hall–Kier alpha value is -3.91. The quantitative estimate of drug-likeness (QED) is 0.350. The van der Waals surface area contributed by atoms with Crippen molar-refractivity contribution < 1.29 is 14.0 Å². The highest BCUT2D eigenvalue weighted by atomic mass is 32.2. The first-order valence-corrected chi connectivity index (χ1v) is 13.6. The maximum Gasteiger partial charge on any atom is 0.240 e. The molecule has 5 rings (SSSR count). The SMILES string of the molecule is Cc1ccc(-n2nc(-c3ccccc3)c3c2N(CC(=O)NC(C)C)C(=O)CS[C@H]3c2cccc(F)c2)cc1. The van der Waals surface area contributed by atoms with Crippen molar-refractivity contribution in [1.29, 1.82) is 0 Å². The fourth-order valence-electron chi connectivity index (χ4n) is 4.64. The molecular formula is C30H29FN4O2S. The van der Waals surface area contributed by atoms with Crippen LogP contribution in [-0.2, 0) is 9.59 Å². The summed E-state index contributed by atoms with van der Waals surface area (Å²) in [6.07, 6.45) is 0. The van der Waals surface area contributed by atoms with Crippen LogP contribution in [0.3, 0.4) is 0 Å². The van der Waals surface area contributed by atoms with Gasteiger partial charge in [0.05, 0.1) is 22.4 Å². The number of rotatable bonds is 6. The molecule has 4 aromatic rings. The van der Waals surface area contributed by atoms with E-state index in [0.29, 0.717) is 11.5 Å². The highest BCUT2D eigenvalue weighted by Gasteiger charge is 2.37. The fourth-order valence-corrected chi connectivity index (χ4v) is 5.83. The third-order valence-corrected chi connectivity index (χ3v) is 7.57. The van der Waals surface area contributed by atoms with Gasteiger partial charge in [-0.05, 0) is 50.6 Å². The van der Waals surface area contributed by atoms with Gasteiger partial charge in [-0.15, -0.1) is 11.8 Å². The van der Waals surface area contributed by atoms with E-state index in [0.717, 1.165) is 27.9 Å². The zero-order valence-corrected chi connectivity index (χ0v) is 22.3. The second kappa shape index (κ2) is 10.8. The van der Waals surface area contributed by atoms with E-state index in [4.69, 9.17) is 5.10 Å². The molecule has 0 aliphatic carbocycles. The van der Waals surface area contributed by atoms with Gasteiger partial charge in [0.15, 0.2) is 0 Å². The summed E-state index contributed by atoms with van der Waals surface area (Å²) >= 11 is 1.42. The van der Waals surface area contributed by atoms with Gasteiger partial charge < -0.3 is 5.32 Å². The third-order valence-electron chi connectivity index (χ3n) is 6.32. The van der Waals surface area contributed by atoms with E-state index >= 15 is 0 Å². The largest absolute Gasteiger partial charge is 0.352 e. The van der Waals surface area contributed by atoms with Gasteiger partial charge in [-0.1, -0.05) is 60.2 Å². The molecule has 0 saturated carbocycles. The van der Waals surface area contributed by atoms with E-state index in [-0.39, 0.29) is 41.2 Å². The molecule has 1 N–H and O–H groups in total. The molecule has 0 saturated heterocycles. The van der Waals surface area contributed by atoms with Crippen molar-refractivity contribution in [1.82, 2.24) is 15.1 Å². The molecule has 6 nitrogen and oxygen atoms in total. The number of nitrogens with zero attached hydrogens (tertiary/aromatic N) is 3. The number of thioether (sulfide) groups is 1. The monoisotopic (exact) mass is 528 g/mol. The number of hydrogen-bond donors (Lipinski definition) is 1. The van der Waals surface area contributed by atoms with Gasteiger partial charge in [-0.25, -0.2) is 9.07 Å². The van der Waals surface area contributed by atoms with Crippen molar-refractivity contribution in [3.05, 3.63) is 101 Å². The lowest BCUT2D eigenvalue weighted by Gasteiger charge is -2.23. The van der Waals surface area contributed by atoms with Crippen molar-refractivity contribution in [2.75, 3.05) is 17.2 Å². The number of hydrogen-bond acceptors (Lipinski definition) is 4. The molecule has 2 amide bonds. The molecule has 3 aromatic carbocycles. The molecule has 0 radical (unpaired) electrons. The van der Waals surface area contributed by atoms with Crippen LogP contribution in [0.25, 0.3) is 16.9 Å². The third kappa shape index (κ3) is 5.22.